The van der Waals surface area contributed by atoms with Crippen LogP contribution in [0.3, 0.4) is 0 Å². The number of carbonyl (C=O) groups is 1. The summed E-state index contributed by atoms with van der Waals surface area (Å²) >= 11 is 6.94. The highest BCUT2D eigenvalue weighted by Gasteiger charge is 2.61. The van der Waals surface area contributed by atoms with Crippen LogP contribution in [-0.4, -0.2) is 10.8 Å². The van der Waals surface area contributed by atoms with E-state index in [0.29, 0.717) is 5.04 Å². The van der Waals surface area contributed by atoms with Crippen molar-refractivity contribution in [3.63, 3.8) is 0 Å². The number of benzene rings is 4. The first-order chi connectivity index (χ1) is 17.0. The fourth-order valence-electron chi connectivity index (χ4n) is 4.86. The standard InChI is InChI=1S/C29H21BrN2OS2/c1-20(33)27-31-32(24-18-16-23(30)17-19-24)29(34-27)26-15-9-8-14-25(26)28(35-29,21-10-4-2-5-11-21)22-12-6-3-7-13-22/h2-19H,1H3/t29-/m1/s1. The van der Waals surface area contributed by atoms with Crippen molar-refractivity contribution in [3.05, 3.63) is 136 Å². The quantitative estimate of drug-likeness (QED) is 0.257. The van der Waals surface area contributed by atoms with Gasteiger partial charge in [0.15, 0.2) is 15.0 Å². The number of hydrazone groups is 1. The molecule has 1 atom stereocenters. The lowest BCUT2D eigenvalue weighted by atomic mass is 9.82. The smallest absolute Gasteiger partial charge is 0.187 e. The van der Waals surface area contributed by atoms with Crippen LogP contribution < -0.4 is 5.01 Å². The number of halogens is 1. The molecule has 1 spiro atoms. The van der Waals surface area contributed by atoms with Crippen LogP contribution in [0.1, 0.15) is 29.2 Å². The van der Waals surface area contributed by atoms with Crippen LogP contribution in [0.2, 0.25) is 0 Å². The van der Waals surface area contributed by atoms with Crippen molar-refractivity contribution in [1.29, 1.82) is 0 Å². The van der Waals surface area contributed by atoms with Gasteiger partial charge in [0.25, 0.3) is 0 Å². The van der Waals surface area contributed by atoms with Crippen molar-refractivity contribution >= 4 is 56.0 Å². The SMILES string of the molecule is CC(=O)C1=NN(c2ccc(Br)cc2)[C@]2(S1)SC(c1ccccc1)(c1ccccc1)c1ccccc12. The van der Waals surface area contributed by atoms with E-state index >= 15 is 0 Å². The van der Waals surface area contributed by atoms with E-state index in [2.05, 4.69) is 101 Å². The van der Waals surface area contributed by atoms with Crippen molar-refractivity contribution in [2.24, 2.45) is 5.10 Å². The fraction of sp³-hybridized carbons (Fsp3) is 0.103. The number of rotatable bonds is 4. The van der Waals surface area contributed by atoms with E-state index in [1.807, 2.05) is 41.0 Å². The summed E-state index contributed by atoms with van der Waals surface area (Å²) in [6, 6.07) is 38.0. The zero-order valence-corrected chi connectivity index (χ0v) is 22.1. The molecule has 0 aliphatic carbocycles. The van der Waals surface area contributed by atoms with Gasteiger partial charge in [-0.1, -0.05) is 124 Å². The van der Waals surface area contributed by atoms with Gasteiger partial charge in [-0.3, -0.25) is 4.79 Å². The molecule has 0 N–H and O–H groups in total. The van der Waals surface area contributed by atoms with Crippen LogP contribution in [0.5, 0.6) is 0 Å². The largest absolute Gasteiger partial charge is 0.292 e. The maximum atomic E-state index is 12.6. The number of nitrogens with zero attached hydrogens (tertiary/aromatic N) is 2. The molecule has 6 rings (SSSR count). The summed E-state index contributed by atoms with van der Waals surface area (Å²) in [4.78, 5) is 12.6. The average Bonchev–Trinajstić information content (AvgIpc) is 3.43. The van der Waals surface area contributed by atoms with E-state index in [0.717, 1.165) is 15.7 Å². The van der Waals surface area contributed by atoms with E-state index in [9.17, 15) is 4.79 Å². The van der Waals surface area contributed by atoms with Crippen LogP contribution in [0.4, 0.5) is 5.69 Å². The van der Waals surface area contributed by atoms with E-state index in [-0.39, 0.29) is 5.78 Å². The third kappa shape index (κ3) is 3.50. The molecule has 0 radical (unpaired) electrons. The van der Waals surface area contributed by atoms with Crippen LogP contribution in [0.15, 0.2) is 119 Å². The van der Waals surface area contributed by atoms with Gasteiger partial charge in [0.05, 0.1) is 10.4 Å². The van der Waals surface area contributed by atoms with Crippen LogP contribution in [0.25, 0.3) is 0 Å². The molecule has 4 aromatic rings. The van der Waals surface area contributed by atoms with Crippen LogP contribution >= 0.6 is 39.5 Å². The third-order valence-corrected chi connectivity index (χ3v) is 10.3. The van der Waals surface area contributed by atoms with Gasteiger partial charge >= 0.3 is 0 Å². The third-order valence-electron chi connectivity index (χ3n) is 6.38. The summed E-state index contributed by atoms with van der Waals surface area (Å²) < 4.78 is -0.112. The summed E-state index contributed by atoms with van der Waals surface area (Å²) in [5.74, 6) is -0.0241. The Kier molecular flexibility index (Phi) is 5.63. The Bertz CT molecular complexity index is 1400. The highest BCUT2D eigenvalue weighted by atomic mass is 79.9. The second-order valence-electron chi connectivity index (χ2n) is 8.49. The molecule has 4 aromatic carbocycles. The van der Waals surface area contributed by atoms with Gasteiger partial charge in [-0.15, -0.1) is 0 Å². The first-order valence-corrected chi connectivity index (χ1v) is 13.7. The first-order valence-electron chi connectivity index (χ1n) is 11.3. The molecule has 0 fully saturated rings. The molecule has 2 heterocycles. The predicted molar refractivity (Wildman–Crippen MR) is 151 cm³/mol. The number of thioether (sulfide) groups is 2. The maximum absolute atomic E-state index is 12.6. The van der Waals surface area contributed by atoms with Crippen molar-refractivity contribution in [1.82, 2.24) is 0 Å². The fourth-order valence-corrected chi connectivity index (χ4v) is 8.68. The first kappa shape index (κ1) is 22.7. The maximum Gasteiger partial charge on any atom is 0.187 e. The zero-order valence-electron chi connectivity index (χ0n) is 18.9. The highest BCUT2D eigenvalue weighted by Crippen LogP contribution is 2.70. The molecule has 0 amide bonds. The summed E-state index contributed by atoms with van der Waals surface area (Å²) in [6.45, 7) is 1.60. The summed E-state index contributed by atoms with van der Waals surface area (Å²) in [7, 11) is 0. The van der Waals surface area contributed by atoms with E-state index in [4.69, 9.17) is 5.10 Å². The predicted octanol–water partition coefficient (Wildman–Crippen LogP) is 7.75. The second-order valence-corrected chi connectivity index (χ2v) is 12.3. The lowest BCUT2D eigenvalue weighted by Gasteiger charge is -2.37. The van der Waals surface area contributed by atoms with E-state index in [1.165, 1.54) is 16.7 Å². The Labute approximate surface area is 221 Å². The van der Waals surface area contributed by atoms with Gasteiger partial charge < -0.3 is 0 Å². The molecule has 2 aliphatic rings. The number of Topliss-reactive ketones (excluding diaryl/α,β-unsaturated/α-hetero) is 1. The Balaban J connectivity index is 1.64. The number of hydrogen-bond acceptors (Lipinski definition) is 5. The molecule has 6 heteroatoms. The van der Waals surface area contributed by atoms with Gasteiger partial charge in [-0.2, -0.15) is 5.10 Å². The second kappa shape index (κ2) is 8.70. The molecule has 0 saturated heterocycles. The molecule has 0 saturated carbocycles. The average molecular weight is 558 g/mol. The van der Waals surface area contributed by atoms with Gasteiger partial charge in [0.1, 0.15) is 0 Å². The number of ketones is 1. The highest BCUT2D eigenvalue weighted by molar-refractivity contribution is 9.10. The van der Waals surface area contributed by atoms with Crippen molar-refractivity contribution in [3.8, 4) is 0 Å². The van der Waals surface area contributed by atoms with Gasteiger partial charge in [-0.05, 0) is 41.0 Å². The Hall–Kier alpha value is -2.80. The van der Waals surface area contributed by atoms with Gasteiger partial charge in [-0.25, -0.2) is 5.01 Å². The number of fused-ring (bicyclic) bond motifs is 2. The normalized spacial score (nSPS) is 20.1. The lowest BCUT2D eigenvalue weighted by Crippen LogP contribution is -2.34. The lowest BCUT2D eigenvalue weighted by molar-refractivity contribution is -0.110. The molecule has 0 bridgehead atoms. The molecule has 172 valence electrons. The molecule has 2 aliphatic heterocycles. The number of hydrogen-bond donors (Lipinski definition) is 0. The number of carbonyl (C=O) groups excluding carboxylic acids is 1. The molecular weight excluding hydrogens is 536 g/mol. The number of anilines is 1. The Morgan fingerprint density at radius 2 is 1.31 bits per heavy atom. The van der Waals surface area contributed by atoms with Crippen molar-refractivity contribution < 1.29 is 4.79 Å². The summed E-state index contributed by atoms with van der Waals surface area (Å²) in [6.07, 6.45) is 0. The molecule has 35 heavy (non-hydrogen) atoms. The van der Waals surface area contributed by atoms with E-state index in [1.54, 1.807) is 18.7 Å². The minimum absolute atomic E-state index is 0.0241. The molecular formula is C29H21BrN2OS2. The molecule has 0 aromatic heterocycles. The molecule has 0 unspecified atom stereocenters. The minimum Gasteiger partial charge on any atom is -0.292 e. The van der Waals surface area contributed by atoms with Crippen LogP contribution in [-0.2, 0) is 13.7 Å². The summed E-state index contributed by atoms with van der Waals surface area (Å²) in [5, 5.41) is 7.46. The Morgan fingerprint density at radius 1 is 0.771 bits per heavy atom. The summed E-state index contributed by atoms with van der Waals surface area (Å²) in [5.41, 5.74) is 5.72. The van der Waals surface area contributed by atoms with E-state index < -0.39 is 8.95 Å². The van der Waals surface area contributed by atoms with Gasteiger partial charge in [0, 0.05) is 17.0 Å². The minimum atomic E-state index is -0.642. The topological polar surface area (TPSA) is 32.7 Å². The van der Waals surface area contributed by atoms with Crippen molar-refractivity contribution in [2.75, 3.05) is 5.01 Å². The van der Waals surface area contributed by atoms with Crippen molar-refractivity contribution in [2.45, 2.75) is 15.9 Å². The zero-order chi connectivity index (χ0) is 24.0. The van der Waals surface area contributed by atoms with Gasteiger partial charge in [0.2, 0.25) is 0 Å². The Morgan fingerprint density at radius 3 is 1.89 bits per heavy atom. The van der Waals surface area contributed by atoms with Crippen LogP contribution in [0, 0.1) is 0 Å². The monoisotopic (exact) mass is 556 g/mol. The molecule has 3 nitrogen and oxygen atoms in total.